The van der Waals surface area contributed by atoms with E-state index in [0.717, 1.165) is 25.2 Å². The third-order valence-electron chi connectivity index (χ3n) is 3.88. The largest absolute Gasteiger partial charge is 0.366 e. The normalized spacial score (nSPS) is 18.3. The second kappa shape index (κ2) is 6.91. The highest BCUT2D eigenvalue weighted by atomic mass is 16.5. The molecule has 0 saturated carbocycles. The Hall–Kier alpha value is -2.22. The van der Waals surface area contributed by atoms with Crippen LogP contribution in [-0.4, -0.2) is 55.5 Å². The molecule has 1 saturated heterocycles. The van der Waals surface area contributed by atoms with E-state index in [1.54, 1.807) is 22.0 Å². The van der Waals surface area contributed by atoms with Crippen molar-refractivity contribution in [2.45, 2.75) is 39.3 Å². The summed E-state index contributed by atoms with van der Waals surface area (Å²) < 4.78 is 7.49. The van der Waals surface area contributed by atoms with Gasteiger partial charge in [-0.1, -0.05) is 6.92 Å². The van der Waals surface area contributed by atoms with Gasteiger partial charge in [-0.3, -0.25) is 14.6 Å². The van der Waals surface area contributed by atoms with Crippen molar-refractivity contribution in [3.8, 4) is 0 Å². The first-order valence-electron chi connectivity index (χ1n) is 8.05. The predicted molar refractivity (Wildman–Crippen MR) is 82.9 cm³/mol. The Morgan fingerprint density at radius 3 is 3.09 bits per heavy atom. The van der Waals surface area contributed by atoms with Crippen molar-refractivity contribution >= 4 is 5.91 Å². The number of carbonyl (C=O) groups excluding carboxylic acids is 1. The molecule has 0 aromatic carbocycles. The van der Waals surface area contributed by atoms with E-state index in [0.29, 0.717) is 31.1 Å². The molecule has 3 heterocycles. The SMILES string of the molecule is CCCc1nc([C@@H]2CN(C(=O)c3cnn(CC)c3)CCO2)n[nH]1. The fraction of sp³-hybridized carbons (Fsp3) is 0.600. The number of amides is 1. The number of aryl methyl sites for hydroxylation is 2. The standard InChI is InChI=1S/C15H22N6O2/c1-3-5-13-17-14(19-18-13)12-10-20(6-7-23-12)15(22)11-8-16-21(4-2)9-11/h8-9,12H,3-7,10H2,1-2H3,(H,17,18,19)/t12-/m0/s1. The van der Waals surface area contributed by atoms with Crippen molar-refractivity contribution in [3.05, 3.63) is 29.6 Å². The number of carbonyl (C=O) groups is 1. The van der Waals surface area contributed by atoms with Gasteiger partial charge in [0.15, 0.2) is 5.82 Å². The maximum atomic E-state index is 12.6. The lowest BCUT2D eigenvalue weighted by Crippen LogP contribution is -2.42. The van der Waals surface area contributed by atoms with Gasteiger partial charge in [0.1, 0.15) is 11.9 Å². The third-order valence-corrected chi connectivity index (χ3v) is 3.88. The summed E-state index contributed by atoms with van der Waals surface area (Å²) in [5.41, 5.74) is 0.606. The molecule has 0 unspecified atom stereocenters. The summed E-state index contributed by atoms with van der Waals surface area (Å²) in [6.07, 6.45) is 4.97. The quantitative estimate of drug-likeness (QED) is 0.894. The van der Waals surface area contributed by atoms with Crippen molar-refractivity contribution in [1.82, 2.24) is 29.9 Å². The molecule has 1 amide bonds. The number of aromatic amines is 1. The summed E-state index contributed by atoms with van der Waals surface area (Å²) in [6, 6.07) is 0. The number of aromatic nitrogens is 5. The number of hydrogen-bond acceptors (Lipinski definition) is 5. The zero-order chi connectivity index (χ0) is 16.2. The van der Waals surface area contributed by atoms with Crippen molar-refractivity contribution in [3.63, 3.8) is 0 Å². The Balaban J connectivity index is 1.68. The molecule has 1 aliphatic heterocycles. The maximum Gasteiger partial charge on any atom is 0.257 e. The average molecular weight is 318 g/mol. The first kappa shape index (κ1) is 15.7. The van der Waals surface area contributed by atoms with E-state index in [2.05, 4.69) is 27.2 Å². The van der Waals surface area contributed by atoms with Gasteiger partial charge in [0.05, 0.1) is 24.9 Å². The highest BCUT2D eigenvalue weighted by Crippen LogP contribution is 2.20. The lowest BCUT2D eigenvalue weighted by molar-refractivity contribution is -0.0266. The number of nitrogens with zero attached hydrogens (tertiary/aromatic N) is 5. The molecular weight excluding hydrogens is 296 g/mol. The van der Waals surface area contributed by atoms with Crippen LogP contribution in [0.15, 0.2) is 12.4 Å². The van der Waals surface area contributed by atoms with Gasteiger partial charge in [0.2, 0.25) is 0 Å². The van der Waals surface area contributed by atoms with E-state index >= 15 is 0 Å². The molecule has 0 aliphatic carbocycles. The summed E-state index contributed by atoms with van der Waals surface area (Å²) in [5, 5.41) is 11.3. The van der Waals surface area contributed by atoms with Crippen molar-refractivity contribution in [2.24, 2.45) is 0 Å². The van der Waals surface area contributed by atoms with Crippen molar-refractivity contribution in [1.29, 1.82) is 0 Å². The second-order valence-corrected chi connectivity index (χ2v) is 5.59. The van der Waals surface area contributed by atoms with Crippen LogP contribution in [0.4, 0.5) is 0 Å². The molecule has 8 nitrogen and oxygen atoms in total. The van der Waals surface area contributed by atoms with Gasteiger partial charge in [-0.25, -0.2) is 4.98 Å². The Kier molecular flexibility index (Phi) is 4.71. The van der Waals surface area contributed by atoms with Gasteiger partial charge < -0.3 is 9.64 Å². The summed E-state index contributed by atoms with van der Waals surface area (Å²) in [7, 11) is 0. The van der Waals surface area contributed by atoms with Crippen LogP contribution in [0.5, 0.6) is 0 Å². The molecule has 1 atom stereocenters. The molecule has 1 fully saturated rings. The molecule has 8 heteroatoms. The monoisotopic (exact) mass is 318 g/mol. The minimum Gasteiger partial charge on any atom is -0.366 e. The highest BCUT2D eigenvalue weighted by molar-refractivity contribution is 5.93. The second-order valence-electron chi connectivity index (χ2n) is 5.59. The number of H-pyrrole nitrogens is 1. The molecule has 0 bridgehead atoms. The first-order chi connectivity index (χ1) is 11.2. The average Bonchev–Trinajstić information content (AvgIpc) is 3.24. The molecule has 23 heavy (non-hydrogen) atoms. The zero-order valence-corrected chi connectivity index (χ0v) is 13.5. The molecule has 1 N–H and O–H groups in total. The van der Waals surface area contributed by atoms with E-state index in [4.69, 9.17) is 4.74 Å². The van der Waals surface area contributed by atoms with E-state index in [1.807, 2.05) is 6.92 Å². The van der Waals surface area contributed by atoms with Crippen LogP contribution in [0.2, 0.25) is 0 Å². The minimum absolute atomic E-state index is 0.0256. The van der Waals surface area contributed by atoms with Crippen LogP contribution >= 0.6 is 0 Å². The summed E-state index contributed by atoms with van der Waals surface area (Å²) in [5.74, 6) is 1.45. The van der Waals surface area contributed by atoms with Gasteiger partial charge >= 0.3 is 0 Å². The molecule has 3 rings (SSSR count). The zero-order valence-electron chi connectivity index (χ0n) is 13.5. The third kappa shape index (κ3) is 3.42. The predicted octanol–water partition coefficient (Wildman–Crippen LogP) is 1.19. The molecule has 0 radical (unpaired) electrons. The molecule has 0 spiro atoms. The Bertz CT molecular complexity index is 664. The molecule has 1 aliphatic rings. The molecule has 2 aromatic heterocycles. The van der Waals surface area contributed by atoms with Gasteiger partial charge in [0.25, 0.3) is 5.91 Å². The van der Waals surface area contributed by atoms with Gasteiger partial charge in [0, 0.05) is 25.7 Å². The van der Waals surface area contributed by atoms with Crippen LogP contribution in [-0.2, 0) is 17.7 Å². The smallest absolute Gasteiger partial charge is 0.257 e. The van der Waals surface area contributed by atoms with E-state index in [9.17, 15) is 4.79 Å². The number of hydrogen-bond donors (Lipinski definition) is 1. The van der Waals surface area contributed by atoms with Crippen molar-refractivity contribution < 1.29 is 9.53 Å². The number of morpholine rings is 1. The van der Waals surface area contributed by atoms with Gasteiger partial charge in [-0.05, 0) is 13.3 Å². The van der Waals surface area contributed by atoms with Crippen molar-refractivity contribution in [2.75, 3.05) is 19.7 Å². The van der Waals surface area contributed by atoms with Crippen LogP contribution < -0.4 is 0 Å². The van der Waals surface area contributed by atoms with Crippen LogP contribution in [0.25, 0.3) is 0 Å². The number of rotatable bonds is 5. The lowest BCUT2D eigenvalue weighted by Gasteiger charge is -2.31. The molecular formula is C15H22N6O2. The minimum atomic E-state index is -0.282. The van der Waals surface area contributed by atoms with E-state index in [-0.39, 0.29) is 12.0 Å². The highest BCUT2D eigenvalue weighted by Gasteiger charge is 2.29. The lowest BCUT2D eigenvalue weighted by atomic mass is 10.2. The summed E-state index contributed by atoms with van der Waals surface area (Å²) >= 11 is 0. The number of nitrogens with one attached hydrogen (secondary N) is 1. The Morgan fingerprint density at radius 1 is 1.48 bits per heavy atom. The molecule has 2 aromatic rings. The first-order valence-corrected chi connectivity index (χ1v) is 8.05. The molecule has 124 valence electrons. The van der Waals surface area contributed by atoms with Gasteiger partial charge in [-0.15, -0.1) is 0 Å². The fourth-order valence-corrected chi connectivity index (χ4v) is 2.62. The Labute approximate surface area is 134 Å². The van der Waals surface area contributed by atoms with Gasteiger partial charge in [-0.2, -0.15) is 10.2 Å². The van der Waals surface area contributed by atoms with Crippen LogP contribution in [0.3, 0.4) is 0 Å². The fourth-order valence-electron chi connectivity index (χ4n) is 2.62. The van der Waals surface area contributed by atoms with E-state index in [1.165, 1.54) is 0 Å². The maximum absolute atomic E-state index is 12.6. The summed E-state index contributed by atoms with van der Waals surface area (Å²) in [4.78, 5) is 18.8. The van der Waals surface area contributed by atoms with Crippen LogP contribution in [0.1, 0.15) is 48.4 Å². The van der Waals surface area contributed by atoms with Crippen LogP contribution in [0, 0.1) is 0 Å². The Morgan fingerprint density at radius 2 is 2.35 bits per heavy atom. The topological polar surface area (TPSA) is 88.9 Å². The van der Waals surface area contributed by atoms with E-state index < -0.39 is 0 Å². The summed E-state index contributed by atoms with van der Waals surface area (Å²) in [6.45, 7) is 6.34. The number of ether oxygens (including phenoxy) is 1.